The molecule has 2 aromatic heterocycles. The Morgan fingerprint density at radius 2 is 2.60 bits per heavy atom. The van der Waals surface area contributed by atoms with Crippen LogP contribution in [0.2, 0.25) is 0 Å². The second kappa shape index (κ2) is 3.55. The quantitative estimate of drug-likeness (QED) is 0.801. The Kier molecular flexibility index (Phi) is 2.07. The lowest BCUT2D eigenvalue weighted by Crippen LogP contribution is -2.33. The first kappa shape index (κ1) is 8.73. The van der Waals surface area contributed by atoms with Gasteiger partial charge in [0.05, 0.1) is 24.3 Å². The van der Waals surface area contributed by atoms with Gasteiger partial charge in [-0.1, -0.05) is 0 Å². The third-order valence-electron chi connectivity index (χ3n) is 2.83. The largest absolute Gasteiger partial charge is 0.469 e. The monoisotopic (exact) mass is 203 g/mol. The number of hydrogen-bond donors (Lipinski definition) is 1. The molecule has 3 heterocycles. The Bertz CT molecular complexity index is 432. The van der Waals surface area contributed by atoms with Crippen molar-refractivity contribution in [3.8, 4) is 0 Å². The molecule has 4 nitrogen and oxygen atoms in total. The highest BCUT2D eigenvalue weighted by Crippen LogP contribution is 2.20. The van der Waals surface area contributed by atoms with Crippen LogP contribution in [0.4, 0.5) is 0 Å². The molecule has 78 valence electrons. The van der Waals surface area contributed by atoms with Crippen LogP contribution in [0.25, 0.3) is 0 Å². The normalized spacial score (nSPS) is 20.1. The van der Waals surface area contributed by atoms with Gasteiger partial charge < -0.3 is 14.3 Å². The van der Waals surface area contributed by atoms with Gasteiger partial charge in [0.25, 0.3) is 0 Å². The van der Waals surface area contributed by atoms with Gasteiger partial charge in [0.1, 0.15) is 5.76 Å². The van der Waals surface area contributed by atoms with Crippen molar-refractivity contribution in [1.29, 1.82) is 0 Å². The molecule has 1 aliphatic rings. The van der Waals surface area contributed by atoms with Crippen molar-refractivity contribution in [1.82, 2.24) is 14.9 Å². The van der Waals surface area contributed by atoms with Crippen LogP contribution in [-0.4, -0.2) is 16.1 Å². The average Bonchev–Trinajstić information content (AvgIpc) is 2.87. The van der Waals surface area contributed by atoms with E-state index in [4.69, 9.17) is 4.42 Å². The summed E-state index contributed by atoms with van der Waals surface area (Å²) in [6, 6.07) is 4.26. The molecule has 1 aliphatic heterocycles. The Labute approximate surface area is 87.9 Å². The molecule has 0 spiro atoms. The maximum atomic E-state index is 5.36. The van der Waals surface area contributed by atoms with E-state index in [-0.39, 0.29) is 0 Å². The summed E-state index contributed by atoms with van der Waals surface area (Å²) in [5.74, 6) is 1.02. The highest BCUT2D eigenvalue weighted by atomic mass is 16.3. The zero-order valence-electron chi connectivity index (χ0n) is 8.39. The summed E-state index contributed by atoms with van der Waals surface area (Å²) >= 11 is 0. The maximum Gasteiger partial charge on any atom is 0.105 e. The minimum absolute atomic E-state index is 0.326. The molecule has 4 heteroatoms. The van der Waals surface area contributed by atoms with Crippen molar-refractivity contribution in [3.05, 3.63) is 42.4 Å². The minimum atomic E-state index is 0.326. The Morgan fingerprint density at radius 1 is 1.60 bits per heavy atom. The van der Waals surface area contributed by atoms with Crippen LogP contribution in [0.5, 0.6) is 0 Å². The summed E-state index contributed by atoms with van der Waals surface area (Å²) in [6.45, 7) is 2.00. The van der Waals surface area contributed by atoms with E-state index in [1.54, 1.807) is 6.26 Å². The molecule has 0 bridgehead atoms. The first-order valence-electron chi connectivity index (χ1n) is 5.19. The van der Waals surface area contributed by atoms with Crippen LogP contribution >= 0.6 is 0 Å². The molecule has 1 unspecified atom stereocenters. The molecule has 1 atom stereocenters. The molecule has 0 fully saturated rings. The number of nitrogens with zero attached hydrogens (tertiary/aromatic N) is 2. The molecular formula is C11H13N3O. The third kappa shape index (κ3) is 1.57. The smallest absolute Gasteiger partial charge is 0.105 e. The van der Waals surface area contributed by atoms with Crippen molar-refractivity contribution in [2.24, 2.45) is 0 Å². The molecule has 15 heavy (non-hydrogen) atoms. The molecule has 0 aromatic carbocycles. The SMILES string of the molecule is c1coc(CC2NCCn3cncc32)c1. The lowest BCUT2D eigenvalue weighted by molar-refractivity contribution is 0.392. The number of nitrogens with one attached hydrogen (secondary N) is 1. The second-order valence-electron chi connectivity index (χ2n) is 3.80. The van der Waals surface area contributed by atoms with Crippen molar-refractivity contribution in [2.75, 3.05) is 6.54 Å². The van der Waals surface area contributed by atoms with Crippen LogP contribution in [0.1, 0.15) is 17.5 Å². The van der Waals surface area contributed by atoms with E-state index in [1.165, 1.54) is 5.69 Å². The number of fused-ring (bicyclic) bond motifs is 1. The van der Waals surface area contributed by atoms with E-state index in [1.807, 2.05) is 24.7 Å². The van der Waals surface area contributed by atoms with Gasteiger partial charge in [-0.3, -0.25) is 0 Å². The van der Waals surface area contributed by atoms with Gasteiger partial charge >= 0.3 is 0 Å². The first-order valence-corrected chi connectivity index (χ1v) is 5.19. The van der Waals surface area contributed by atoms with Gasteiger partial charge in [-0.25, -0.2) is 4.98 Å². The summed E-state index contributed by atoms with van der Waals surface area (Å²) in [7, 11) is 0. The number of aromatic nitrogens is 2. The Morgan fingerprint density at radius 3 is 3.47 bits per heavy atom. The summed E-state index contributed by atoms with van der Waals surface area (Å²) in [6.07, 6.45) is 6.43. The topological polar surface area (TPSA) is 43.0 Å². The Balaban J connectivity index is 1.84. The number of imidazole rings is 1. The van der Waals surface area contributed by atoms with E-state index >= 15 is 0 Å². The minimum Gasteiger partial charge on any atom is -0.469 e. The molecule has 0 radical (unpaired) electrons. The van der Waals surface area contributed by atoms with E-state index in [2.05, 4.69) is 14.9 Å². The van der Waals surface area contributed by atoms with Gasteiger partial charge in [-0.15, -0.1) is 0 Å². The molecular weight excluding hydrogens is 190 g/mol. The predicted molar refractivity (Wildman–Crippen MR) is 55.4 cm³/mol. The van der Waals surface area contributed by atoms with E-state index in [9.17, 15) is 0 Å². The van der Waals surface area contributed by atoms with E-state index in [0.29, 0.717) is 6.04 Å². The van der Waals surface area contributed by atoms with Crippen molar-refractivity contribution in [3.63, 3.8) is 0 Å². The zero-order valence-corrected chi connectivity index (χ0v) is 8.39. The zero-order chi connectivity index (χ0) is 10.1. The van der Waals surface area contributed by atoms with Crippen LogP contribution < -0.4 is 5.32 Å². The van der Waals surface area contributed by atoms with Gasteiger partial charge in [0.2, 0.25) is 0 Å². The highest BCUT2D eigenvalue weighted by molar-refractivity contribution is 5.12. The maximum absolute atomic E-state index is 5.36. The number of furan rings is 1. The number of hydrogen-bond acceptors (Lipinski definition) is 3. The van der Waals surface area contributed by atoms with Crippen LogP contribution in [-0.2, 0) is 13.0 Å². The van der Waals surface area contributed by atoms with Crippen molar-refractivity contribution in [2.45, 2.75) is 19.0 Å². The second-order valence-corrected chi connectivity index (χ2v) is 3.80. The molecule has 3 rings (SSSR count). The fourth-order valence-corrected chi connectivity index (χ4v) is 2.08. The molecule has 1 N–H and O–H groups in total. The van der Waals surface area contributed by atoms with Crippen LogP contribution in [0.15, 0.2) is 35.3 Å². The lowest BCUT2D eigenvalue weighted by Gasteiger charge is -2.24. The third-order valence-corrected chi connectivity index (χ3v) is 2.83. The van der Waals surface area contributed by atoms with Gasteiger partial charge in [-0.2, -0.15) is 0 Å². The van der Waals surface area contributed by atoms with Crippen molar-refractivity contribution >= 4 is 0 Å². The molecule has 2 aromatic rings. The summed E-state index contributed by atoms with van der Waals surface area (Å²) in [5, 5.41) is 3.48. The van der Waals surface area contributed by atoms with Crippen LogP contribution in [0.3, 0.4) is 0 Å². The summed E-state index contributed by atoms with van der Waals surface area (Å²) in [5.41, 5.74) is 1.25. The summed E-state index contributed by atoms with van der Waals surface area (Å²) < 4.78 is 7.56. The average molecular weight is 203 g/mol. The van der Waals surface area contributed by atoms with Crippen LogP contribution in [0, 0.1) is 0 Å². The van der Waals surface area contributed by atoms with Gasteiger partial charge in [-0.05, 0) is 12.1 Å². The first-order chi connectivity index (χ1) is 7.43. The standard InChI is InChI=1S/C11H13N3O/c1-2-9(15-5-1)6-10-11-7-12-8-14(11)4-3-13-10/h1-2,5,7-8,10,13H,3-4,6H2. The fourth-order valence-electron chi connectivity index (χ4n) is 2.08. The molecule has 0 aliphatic carbocycles. The Hall–Kier alpha value is -1.55. The highest BCUT2D eigenvalue weighted by Gasteiger charge is 2.20. The van der Waals surface area contributed by atoms with Gasteiger partial charge in [0, 0.05) is 25.7 Å². The molecule has 0 saturated carbocycles. The summed E-state index contributed by atoms with van der Waals surface area (Å²) in [4.78, 5) is 4.18. The lowest BCUT2D eigenvalue weighted by atomic mass is 10.1. The molecule has 0 amide bonds. The predicted octanol–water partition coefficient (Wildman–Crippen LogP) is 1.36. The van der Waals surface area contributed by atoms with Gasteiger partial charge in [0.15, 0.2) is 0 Å². The molecule has 0 saturated heterocycles. The number of rotatable bonds is 2. The fraction of sp³-hybridized carbons (Fsp3) is 0.364. The van der Waals surface area contributed by atoms with Crippen molar-refractivity contribution < 1.29 is 4.42 Å². The van der Waals surface area contributed by atoms with E-state index in [0.717, 1.165) is 25.3 Å². The van der Waals surface area contributed by atoms with E-state index < -0.39 is 0 Å².